The molecule has 0 rings (SSSR count). The topological polar surface area (TPSA) is 35.5 Å². The van der Waals surface area contributed by atoms with Gasteiger partial charge in [-0.25, -0.2) is 0 Å². The first kappa shape index (κ1) is 18.9. The molecule has 0 radical (unpaired) electrons. The summed E-state index contributed by atoms with van der Waals surface area (Å²) in [6.45, 7) is 11.8. The largest absolute Gasteiger partial charge is 0.396 e. The van der Waals surface area contributed by atoms with Crippen molar-refractivity contribution in [2.45, 2.75) is 59.3 Å². The number of nitrogens with one attached hydrogen (secondary N) is 1. The molecule has 1 atom stereocenters. The number of rotatable bonds is 13. The van der Waals surface area contributed by atoms with Crippen LogP contribution in [0.3, 0.4) is 0 Å². The van der Waals surface area contributed by atoms with Crippen LogP contribution in [-0.2, 0) is 0 Å². The summed E-state index contributed by atoms with van der Waals surface area (Å²) in [5, 5.41) is 12.4. The van der Waals surface area contributed by atoms with Crippen molar-refractivity contribution in [2.24, 2.45) is 5.41 Å². The van der Waals surface area contributed by atoms with Crippen LogP contribution in [-0.4, -0.2) is 49.8 Å². The summed E-state index contributed by atoms with van der Waals surface area (Å²) in [4.78, 5) is 2.46. The van der Waals surface area contributed by atoms with Crippen LogP contribution in [0.2, 0.25) is 0 Å². The van der Waals surface area contributed by atoms with Gasteiger partial charge in [0, 0.05) is 19.7 Å². The number of nitrogens with zero attached hydrogens (tertiary/aromatic N) is 1. The van der Waals surface area contributed by atoms with Crippen LogP contribution >= 0.6 is 0 Å². The van der Waals surface area contributed by atoms with E-state index < -0.39 is 0 Å². The van der Waals surface area contributed by atoms with Gasteiger partial charge in [0.2, 0.25) is 0 Å². The smallest absolute Gasteiger partial charge is 0.0431 e. The van der Waals surface area contributed by atoms with Crippen LogP contribution in [0.15, 0.2) is 0 Å². The standard InChI is InChI=1S/C16H36N2O/c1-5-10-16(3,14-17-11-6-2)15-18(4)12-8-7-9-13-19/h17,19H,5-15H2,1-4H3. The van der Waals surface area contributed by atoms with Gasteiger partial charge in [-0.2, -0.15) is 0 Å². The highest BCUT2D eigenvalue weighted by Crippen LogP contribution is 2.23. The normalized spacial score (nSPS) is 14.8. The number of aliphatic hydroxyl groups is 1. The fourth-order valence-electron chi connectivity index (χ4n) is 2.79. The Morgan fingerprint density at radius 2 is 1.84 bits per heavy atom. The molecule has 19 heavy (non-hydrogen) atoms. The minimum Gasteiger partial charge on any atom is -0.396 e. The molecule has 3 heteroatoms. The average Bonchev–Trinajstić information content (AvgIpc) is 2.35. The number of hydrogen-bond acceptors (Lipinski definition) is 3. The zero-order valence-corrected chi connectivity index (χ0v) is 13.7. The zero-order chi connectivity index (χ0) is 14.6. The second kappa shape index (κ2) is 11.7. The van der Waals surface area contributed by atoms with Crippen molar-refractivity contribution in [1.82, 2.24) is 10.2 Å². The van der Waals surface area contributed by atoms with Crippen LogP contribution < -0.4 is 5.32 Å². The molecule has 0 saturated carbocycles. The van der Waals surface area contributed by atoms with Gasteiger partial charge in [-0.05, 0) is 57.7 Å². The van der Waals surface area contributed by atoms with E-state index in [1.54, 1.807) is 0 Å². The highest BCUT2D eigenvalue weighted by molar-refractivity contribution is 4.79. The number of unbranched alkanes of at least 4 members (excludes halogenated alkanes) is 2. The fourth-order valence-corrected chi connectivity index (χ4v) is 2.79. The van der Waals surface area contributed by atoms with E-state index in [2.05, 4.69) is 38.0 Å². The summed E-state index contributed by atoms with van der Waals surface area (Å²) >= 11 is 0. The third kappa shape index (κ3) is 10.3. The summed E-state index contributed by atoms with van der Waals surface area (Å²) in [5.41, 5.74) is 0.385. The number of hydrogen-bond donors (Lipinski definition) is 2. The van der Waals surface area contributed by atoms with Crippen LogP contribution in [0.25, 0.3) is 0 Å². The molecular formula is C16H36N2O. The fraction of sp³-hybridized carbons (Fsp3) is 1.00. The molecule has 116 valence electrons. The second-order valence-electron chi connectivity index (χ2n) is 6.26. The summed E-state index contributed by atoms with van der Waals surface area (Å²) < 4.78 is 0. The van der Waals surface area contributed by atoms with Gasteiger partial charge < -0.3 is 15.3 Å². The van der Waals surface area contributed by atoms with Gasteiger partial charge in [0.05, 0.1) is 0 Å². The van der Waals surface area contributed by atoms with E-state index in [0.29, 0.717) is 12.0 Å². The second-order valence-corrected chi connectivity index (χ2v) is 6.26. The third-order valence-electron chi connectivity index (χ3n) is 3.68. The van der Waals surface area contributed by atoms with Gasteiger partial charge in [0.1, 0.15) is 0 Å². The molecule has 0 aromatic heterocycles. The molecule has 0 aromatic carbocycles. The summed E-state index contributed by atoms with van der Waals surface area (Å²) in [6, 6.07) is 0. The van der Waals surface area contributed by atoms with E-state index in [0.717, 1.165) is 39.0 Å². The lowest BCUT2D eigenvalue weighted by Crippen LogP contribution is -2.41. The van der Waals surface area contributed by atoms with Crippen LogP contribution in [0.5, 0.6) is 0 Å². The lowest BCUT2D eigenvalue weighted by molar-refractivity contribution is 0.170. The lowest BCUT2D eigenvalue weighted by Gasteiger charge is -2.34. The van der Waals surface area contributed by atoms with Gasteiger partial charge >= 0.3 is 0 Å². The van der Waals surface area contributed by atoms with Gasteiger partial charge in [0.25, 0.3) is 0 Å². The first-order valence-electron chi connectivity index (χ1n) is 8.08. The van der Waals surface area contributed by atoms with Crippen LogP contribution in [0.1, 0.15) is 59.3 Å². The SMILES string of the molecule is CCCNCC(C)(CCC)CN(C)CCCCCO. The van der Waals surface area contributed by atoms with Crippen molar-refractivity contribution >= 4 is 0 Å². The van der Waals surface area contributed by atoms with Crippen molar-refractivity contribution < 1.29 is 5.11 Å². The van der Waals surface area contributed by atoms with Crippen molar-refractivity contribution in [2.75, 3.05) is 39.8 Å². The Morgan fingerprint density at radius 3 is 2.42 bits per heavy atom. The first-order chi connectivity index (χ1) is 9.08. The Bertz CT molecular complexity index is 199. The summed E-state index contributed by atoms with van der Waals surface area (Å²) in [7, 11) is 2.23. The Balaban J connectivity index is 4.00. The van der Waals surface area contributed by atoms with Crippen molar-refractivity contribution in [3.8, 4) is 0 Å². The van der Waals surface area contributed by atoms with Crippen LogP contribution in [0.4, 0.5) is 0 Å². The van der Waals surface area contributed by atoms with E-state index in [1.165, 1.54) is 25.7 Å². The Hall–Kier alpha value is -0.120. The Kier molecular flexibility index (Phi) is 11.6. The molecule has 0 aliphatic carbocycles. The first-order valence-corrected chi connectivity index (χ1v) is 8.08. The van der Waals surface area contributed by atoms with Crippen LogP contribution in [0, 0.1) is 5.41 Å². The number of aliphatic hydroxyl groups excluding tert-OH is 1. The molecule has 2 N–H and O–H groups in total. The van der Waals surface area contributed by atoms with E-state index >= 15 is 0 Å². The molecule has 0 spiro atoms. The molecule has 1 unspecified atom stereocenters. The van der Waals surface area contributed by atoms with E-state index in [-0.39, 0.29) is 0 Å². The molecular weight excluding hydrogens is 236 g/mol. The maximum absolute atomic E-state index is 8.79. The average molecular weight is 272 g/mol. The van der Waals surface area contributed by atoms with Gasteiger partial charge in [0.15, 0.2) is 0 Å². The maximum atomic E-state index is 8.79. The highest BCUT2D eigenvalue weighted by Gasteiger charge is 2.24. The van der Waals surface area contributed by atoms with E-state index in [1.807, 2.05) is 0 Å². The van der Waals surface area contributed by atoms with E-state index in [4.69, 9.17) is 5.11 Å². The Morgan fingerprint density at radius 1 is 1.11 bits per heavy atom. The molecule has 0 saturated heterocycles. The predicted octanol–water partition coefficient (Wildman–Crippen LogP) is 2.89. The minimum atomic E-state index is 0.332. The van der Waals surface area contributed by atoms with E-state index in [9.17, 15) is 0 Å². The molecule has 0 aliphatic rings. The van der Waals surface area contributed by atoms with Crippen molar-refractivity contribution in [3.05, 3.63) is 0 Å². The highest BCUT2D eigenvalue weighted by atomic mass is 16.2. The Labute approximate surface area is 120 Å². The quantitative estimate of drug-likeness (QED) is 0.506. The lowest BCUT2D eigenvalue weighted by atomic mass is 9.84. The maximum Gasteiger partial charge on any atom is 0.0431 e. The molecule has 0 aromatic rings. The molecule has 3 nitrogen and oxygen atoms in total. The summed E-state index contributed by atoms with van der Waals surface area (Å²) in [6.07, 6.45) is 7.02. The molecule has 0 aliphatic heterocycles. The van der Waals surface area contributed by atoms with Gasteiger partial charge in [-0.1, -0.05) is 27.2 Å². The minimum absolute atomic E-state index is 0.332. The van der Waals surface area contributed by atoms with Gasteiger partial charge in [-0.3, -0.25) is 0 Å². The third-order valence-corrected chi connectivity index (χ3v) is 3.68. The molecule has 0 heterocycles. The monoisotopic (exact) mass is 272 g/mol. The molecule has 0 fully saturated rings. The summed E-state index contributed by atoms with van der Waals surface area (Å²) in [5.74, 6) is 0. The zero-order valence-electron chi connectivity index (χ0n) is 13.7. The van der Waals surface area contributed by atoms with Crippen molar-refractivity contribution in [1.29, 1.82) is 0 Å². The molecule has 0 amide bonds. The molecule has 0 bridgehead atoms. The van der Waals surface area contributed by atoms with Crippen molar-refractivity contribution in [3.63, 3.8) is 0 Å². The van der Waals surface area contributed by atoms with Gasteiger partial charge in [-0.15, -0.1) is 0 Å². The predicted molar refractivity (Wildman–Crippen MR) is 84.6 cm³/mol.